The van der Waals surface area contributed by atoms with E-state index in [1.54, 1.807) is 6.92 Å². The Labute approximate surface area is 127 Å². The molecular weight excluding hydrogens is 280 g/mol. The summed E-state index contributed by atoms with van der Waals surface area (Å²) in [4.78, 5) is 23.7. The number of carboxylic acid groups (broad SMARTS) is 1. The second-order valence-corrected chi connectivity index (χ2v) is 5.12. The van der Waals surface area contributed by atoms with E-state index >= 15 is 0 Å². The molecular formula is C17H16N2O3. The summed E-state index contributed by atoms with van der Waals surface area (Å²) in [6.07, 6.45) is 0.332. The van der Waals surface area contributed by atoms with Crippen molar-refractivity contribution in [2.45, 2.75) is 19.4 Å². The molecule has 0 aliphatic rings. The average molecular weight is 296 g/mol. The van der Waals surface area contributed by atoms with Crippen molar-refractivity contribution in [2.75, 3.05) is 0 Å². The number of aromatic nitrogens is 1. The Morgan fingerprint density at radius 2 is 1.55 bits per heavy atom. The molecule has 3 rings (SSSR count). The predicted molar refractivity (Wildman–Crippen MR) is 85.1 cm³/mol. The summed E-state index contributed by atoms with van der Waals surface area (Å²) < 4.78 is 1.54. The van der Waals surface area contributed by atoms with Gasteiger partial charge in [-0.25, -0.2) is 9.59 Å². The van der Waals surface area contributed by atoms with Crippen molar-refractivity contribution in [2.24, 2.45) is 0 Å². The fourth-order valence-corrected chi connectivity index (χ4v) is 2.69. The number of benzene rings is 2. The van der Waals surface area contributed by atoms with Gasteiger partial charge in [-0.3, -0.25) is 4.57 Å². The van der Waals surface area contributed by atoms with Crippen LogP contribution in [0.3, 0.4) is 0 Å². The van der Waals surface area contributed by atoms with Crippen LogP contribution in [0.4, 0.5) is 4.79 Å². The molecule has 0 fully saturated rings. The molecule has 2 N–H and O–H groups in total. The van der Waals surface area contributed by atoms with E-state index < -0.39 is 18.0 Å². The molecule has 1 amide bonds. The number of para-hydroxylation sites is 2. The number of hydrogen-bond donors (Lipinski definition) is 2. The first-order valence-electron chi connectivity index (χ1n) is 7.15. The van der Waals surface area contributed by atoms with Crippen LogP contribution in [0.25, 0.3) is 21.8 Å². The molecule has 22 heavy (non-hydrogen) atoms. The Morgan fingerprint density at radius 1 is 1.05 bits per heavy atom. The van der Waals surface area contributed by atoms with Crippen LogP contribution in [0.5, 0.6) is 0 Å². The molecule has 0 saturated carbocycles. The van der Waals surface area contributed by atoms with Crippen molar-refractivity contribution in [3.05, 3.63) is 48.5 Å². The number of nitrogens with one attached hydrogen (secondary N) is 1. The standard InChI is InChI=1S/C17H16N2O3/c1-2-13(16(20)21)18-17(22)19-14-9-5-3-7-11(14)12-8-4-6-10-15(12)19/h3-10,13H,2H2,1H3,(H,18,22)(H,20,21)/t13-/m1/s1. The molecule has 3 aromatic rings. The molecule has 1 atom stereocenters. The molecule has 1 heterocycles. The molecule has 0 bridgehead atoms. The van der Waals surface area contributed by atoms with Crippen LogP contribution in [-0.4, -0.2) is 27.7 Å². The van der Waals surface area contributed by atoms with E-state index in [4.69, 9.17) is 5.11 Å². The van der Waals surface area contributed by atoms with Crippen LogP contribution in [0.15, 0.2) is 48.5 Å². The fourth-order valence-electron chi connectivity index (χ4n) is 2.69. The van der Waals surface area contributed by atoms with Crippen molar-refractivity contribution >= 4 is 33.8 Å². The first kappa shape index (κ1) is 14.1. The van der Waals surface area contributed by atoms with Gasteiger partial charge in [0.05, 0.1) is 11.0 Å². The van der Waals surface area contributed by atoms with Gasteiger partial charge in [-0.1, -0.05) is 43.3 Å². The lowest BCUT2D eigenvalue weighted by Gasteiger charge is -2.14. The first-order valence-corrected chi connectivity index (χ1v) is 7.15. The Balaban J connectivity index is 2.16. The Morgan fingerprint density at radius 3 is 2.00 bits per heavy atom. The van der Waals surface area contributed by atoms with Crippen LogP contribution < -0.4 is 5.32 Å². The lowest BCUT2D eigenvalue weighted by Crippen LogP contribution is -2.42. The summed E-state index contributed by atoms with van der Waals surface area (Å²) in [7, 11) is 0. The molecule has 1 aromatic heterocycles. The van der Waals surface area contributed by atoms with E-state index in [-0.39, 0.29) is 0 Å². The maximum absolute atomic E-state index is 12.6. The minimum Gasteiger partial charge on any atom is -0.480 e. The van der Waals surface area contributed by atoms with Crippen molar-refractivity contribution < 1.29 is 14.7 Å². The van der Waals surface area contributed by atoms with Gasteiger partial charge in [0.2, 0.25) is 0 Å². The van der Waals surface area contributed by atoms with Gasteiger partial charge in [0.15, 0.2) is 0 Å². The van der Waals surface area contributed by atoms with Crippen LogP contribution >= 0.6 is 0 Å². The Hall–Kier alpha value is -2.82. The van der Waals surface area contributed by atoms with Gasteiger partial charge in [0, 0.05) is 10.8 Å². The minimum absolute atomic E-state index is 0.332. The molecule has 0 spiro atoms. The number of nitrogens with zero attached hydrogens (tertiary/aromatic N) is 1. The van der Waals surface area contributed by atoms with Crippen LogP contribution in [0.1, 0.15) is 13.3 Å². The second kappa shape index (κ2) is 5.52. The van der Waals surface area contributed by atoms with Crippen LogP contribution in [0.2, 0.25) is 0 Å². The number of carboxylic acids is 1. The highest BCUT2D eigenvalue weighted by Crippen LogP contribution is 2.28. The zero-order chi connectivity index (χ0) is 15.7. The number of carbonyl (C=O) groups is 2. The summed E-state index contributed by atoms with van der Waals surface area (Å²) in [6, 6.07) is 13.9. The Bertz CT molecular complexity index is 813. The van der Waals surface area contributed by atoms with Gasteiger partial charge in [-0.05, 0) is 18.6 Å². The number of aliphatic carboxylic acids is 1. The lowest BCUT2D eigenvalue weighted by atomic mass is 10.2. The minimum atomic E-state index is -1.03. The predicted octanol–water partition coefficient (Wildman–Crippen LogP) is 3.22. The maximum Gasteiger partial charge on any atom is 0.327 e. The summed E-state index contributed by atoms with van der Waals surface area (Å²) in [6.45, 7) is 1.73. The quantitative estimate of drug-likeness (QED) is 0.779. The fraction of sp³-hybridized carbons (Fsp3) is 0.176. The largest absolute Gasteiger partial charge is 0.480 e. The lowest BCUT2D eigenvalue weighted by molar-refractivity contribution is -0.139. The molecule has 0 unspecified atom stereocenters. The van der Waals surface area contributed by atoms with E-state index in [0.29, 0.717) is 6.42 Å². The number of carbonyl (C=O) groups excluding carboxylic acids is 1. The molecule has 0 radical (unpaired) electrons. The summed E-state index contributed by atoms with van der Waals surface area (Å²) in [5.41, 5.74) is 1.53. The van der Waals surface area contributed by atoms with E-state index in [1.807, 2.05) is 48.5 Å². The van der Waals surface area contributed by atoms with E-state index in [1.165, 1.54) is 4.57 Å². The van der Waals surface area contributed by atoms with Crippen LogP contribution in [0, 0.1) is 0 Å². The van der Waals surface area contributed by atoms with Crippen molar-refractivity contribution in [1.82, 2.24) is 9.88 Å². The summed E-state index contributed by atoms with van der Waals surface area (Å²) in [5, 5.41) is 13.6. The normalized spacial score (nSPS) is 12.4. The second-order valence-electron chi connectivity index (χ2n) is 5.12. The number of hydrogen-bond acceptors (Lipinski definition) is 2. The van der Waals surface area contributed by atoms with E-state index in [2.05, 4.69) is 5.32 Å². The maximum atomic E-state index is 12.6. The first-order chi connectivity index (χ1) is 10.6. The number of fused-ring (bicyclic) bond motifs is 3. The molecule has 2 aromatic carbocycles. The van der Waals surface area contributed by atoms with Crippen molar-refractivity contribution in [3.63, 3.8) is 0 Å². The molecule has 5 nitrogen and oxygen atoms in total. The third-order valence-electron chi connectivity index (χ3n) is 3.79. The number of amides is 1. The van der Waals surface area contributed by atoms with Gasteiger partial charge in [-0.15, -0.1) is 0 Å². The van der Waals surface area contributed by atoms with Gasteiger partial charge in [0.25, 0.3) is 0 Å². The topological polar surface area (TPSA) is 71.3 Å². The monoisotopic (exact) mass is 296 g/mol. The highest BCUT2D eigenvalue weighted by atomic mass is 16.4. The highest BCUT2D eigenvalue weighted by molar-refractivity contribution is 6.13. The van der Waals surface area contributed by atoms with E-state index in [0.717, 1.165) is 21.8 Å². The number of rotatable bonds is 3. The van der Waals surface area contributed by atoms with Gasteiger partial charge < -0.3 is 10.4 Å². The zero-order valence-electron chi connectivity index (χ0n) is 12.1. The average Bonchev–Trinajstić information content (AvgIpc) is 2.86. The molecule has 0 aliphatic heterocycles. The van der Waals surface area contributed by atoms with Gasteiger partial charge in [0.1, 0.15) is 6.04 Å². The Kier molecular flexibility index (Phi) is 3.55. The molecule has 112 valence electrons. The highest BCUT2D eigenvalue weighted by Gasteiger charge is 2.21. The van der Waals surface area contributed by atoms with Crippen molar-refractivity contribution in [3.8, 4) is 0 Å². The molecule has 0 saturated heterocycles. The third kappa shape index (κ3) is 2.20. The van der Waals surface area contributed by atoms with Gasteiger partial charge in [-0.2, -0.15) is 0 Å². The SMILES string of the molecule is CC[C@@H](NC(=O)n1c2ccccc2c2ccccc21)C(=O)O. The third-order valence-corrected chi connectivity index (χ3v) is 3.79. The van der Waals surface area contributed by atoms with Crippen LogP contribution in [-0.2, 0) is 4.79 Å². The van der Waals surface area contributed by atoms with Gasteiger partial charge >= 0.3 is 12.0 Å². The molecule has 5 heteroatoms. The van der Waals surface area contributed by atoms with E-state index in [9.17, 15) is 9.59 Å². The summed E-state index contributed by atoms with van der Waals surface area (Å²) >= 11 is 0. The van der Waals surface area contributed by atoms with Crippen molar-refractivity contribution in [1.29, 1.82) is 0 Å². The zero-order valence-corrected chi connectivity index (χ0v) is 12.1. The summed E-state index contributed by atoms with van der Waals surface area (Å²) in [5.74, 6) is -1.03. The molecule has 0 aliphatic carbocycles. The smallest absolute Gasteiger partial charge is 0.327 e.